The second-order valence-electron chi connectivity index (χ2n) is 3.54. The number of methoxy groups -OCH3 is 1. The van der Waals surface area contributed by atoms with Gasteiger partial charge in [0.05, 0.1) is 13.7 Å². The van der Waals surface area contributed by atoms with E-state index >= 15 is 0 Å². The molecule has 0 atom stereocenters. The third-order valence-electron chi connectivity index (χ3n) is 2.15. The molecule has 0 saturated carbocycles. The van der Waals surface area contributed by atoms with E-state index < -0.39 is 29.0 Å². The molecule has 0 amide bonds. The number of nitrogens with one attached hydrogen (secondary N) is 2. The summed E-state index contributed by atoms with van der Waals surface area (Å²) in [5.74, 6) is -0.704. The lowest BCUT2D eigenvalue weighted by molar-refractivity contribution is 0.0590. The number of aryl methyl sites for hydroxylation is 1. The molecule has 0 aliphatic carbocycles. The van der Waals surface area contributed by atoms with Gasteiger partial charge in [0.2, 0.25) is 0 Å². The van der Waals surface area contributed by atoms with Gasteiger partial charge in [-0.15, -0.1) is 4.83 Å². The Morgan fingerprint density at radius 2 is 2.16 bits per heavy atom. The van der Waals surface area contributed by atoms with Crippen molar-refractivity contribution in [1.82, 2.24) is 14.8 Å². The molecule has 10 heteroatoms. The van der Waals surface area contributed by atoms with Crippen LogP contribution in [0.15, 0.2) is 17.2 Å². The zero-order valence-electron chi connectivity index (χ0n) is 10.2. The van der Waals surface area contributed by atoms with Gasteiger partial charge < -0.3 is 9.30 Å². The number of halogens is 2. The summed E-state index contributed by atoms with van der Waals surface area (Å²) in [6, 6.07) is 1.08. The van der Waals surface area contributed by atoms with Crippen molar-refractivity contribution in [2.24, 2.45) is 7.05 Å². The van der Waals surface area contributed by atoms with E-state index in [1.165, 1.54) is 17.8 Å². The molecule has 108 valence electrons. The Hall–Kier alpha value is -1.52. The second-order valence-corrected chi connectivity index (χ2v) is 5.22. The van der Waals surface area contributed by atoms with Gasteiger partial charge in [0.1, 0.15) is 10.6 Å². The largest absolute Gasteiger partial charge is 0.464 e. The van der Waals surface area contributed by atoms with Gasteiger partial charge in [0, 0.05) is 13.2 Å². The molecule has 2 N–H and O–H groups in total. The highest BCUT2D eigenvalue weighted by atomic mass is 32.2. The first kappa shape index (κ1) is 15.5. The highest BCUT2D eigenvalue weighted by molar-refractivity contribution is 7.89. The Kier molecular flexibility index (Phi) is 4.97. The summed E-state index contributed by atoms with van der Waals surface area (Å²) in [4.78, 5) is 12.8. The molecule has 0 fully saturated rings. The molecule has 1 aromatic heterocycles. The van der Waals surface area contributed by atoms with E-state index in [-0.39, 0.29) is 10.6 Å². The number of aromatic nitrogens is 1. The van der Waals surface area contributed by atoms with Crippen molar-refractivity contribution in [2.75, 3.05) is 13.7 Å². The van der Waals surface area contributed by atoms with E-state index in [2.05, 4.69) is 4.74 Å². The zero-order chi connectivity index (χ0) is 14.6. The van der Waals surface area contributed by atoms with Crippen molar-refractivity contribution in [3.05, 3.63) is 18.0 Å². The highest BCUT2D eigenvalue weighted by Crippen LogP contribution is 2.13. The number of ether oxygens (including phenoxy) is 1. The van der Waals surface area contributed by atoms with Gasteiger partial charge in [0.25, 0.3) is 16.4 Å². The Balaban J connectivity index is 2.87. The number of carbonyl (C=O) groups excluding carboxylic acids is 1. The van der Waals surface area contributed by atoms with Crippen LogP contribution in [0.25, 0.3) is 0 Å². The van der Waals surface area contributed by atoms with Crippen molar-refractivity contribution < 1.29 is 26.7 Å². The molecule has 0 aliphatic heterocycles. The van der Waals surface area contributed by atoms with Gasteiger partial charge in [-0.1, -0.05) is 0 Å². The third-order valence-corrected chi connectivity index (χ3v) is 3.40. The lowest BCUT2D eigenvalue weighted by atomic mass is 10.4. The van der Waals surface area contributed by atoms with E-state index in [4.69, 9.17) is 0 Å². The molecule has 0 radical (unpaired) electrons. The normalized spacial score (nSPS) is 11.8. The van der Waals surface area contributed by atoms with E-state index in [1.807, 2.05) is 5.43 Å². The Morgan fingerprint density at radius 3 is 2.68 bits per heavy atom. The minimum absolute atomic E-state index is 0.0248. The number of hydrogen-bond donors (Lipinski definition) is 2. The number of hydrazine groups is 1. The van der Waals surface area contributed by atoms with Crippen LogP contribution in [-0.2, 0) is 21.8 Å². The third kappa shape index (κ3) is 3.98. The van der Waals surface area contributed by atoms with Crippen molar-refractivity contribution >= 4 is 16.0 Å². The topological polar surface area (TPSA) is 89.4 Å². The second kappa shape index (κ2) is 6.08. The molecule has 19 heavy (non-hydrogen) atoms. The predicted molar refractivity (Wildman–Crippen MR) is 61.1 cm³/mol. The monoisotopic (exact) mass is 297 g/mol. The number of alkyl halides is 2. The first-order chi connectivity index (χ1) is 8.77. The van der Waals surface area contributed by atoms with Crippen molar-refractivity contribution in [3.63, 3.8) is 0 Å². The Labute approximate surface area is 108 Å². The van der Waals surface area contributed by atoms with Crippen LogP contribution in [0.5, 0.6) is 0 Å². The van der Waals surface area contributed by atoms with E-state index in [0.717, 1.165) is 13.2 Å². The molecule has 1 heterocycles. The molecule has 1 aromatic rings. The van der Waals surface area contributed by atoms with Crippen LogP contribution >= 0.6 is 0 Å². The summed E-state index contributed by atoms with van der Waals surface area (Å²) >= 11 is 0. The minimum atomic E-state index is -4.02. The van der Waals surface area contributed by atoms with Gasteiger partial charge in [-0.25, -0.2) is 27.4 Å². The standard InChI is InChI=1S/C9H13F2N3O4S/c1-14-5-6(3-7(14)9(15)18-2)19(16,17)13-12-4-8(10)11/h3,5,8,12-13H,4H2,1-2H3. The van der Waals surface area contributed by atoms with Crippen LogP contribution in [0, 0.1) is 0 Å². The first-order valence-corrected chi connectivity index (χ1v) is 6.53. The van der Waals surface area contributed by atoms with Gasteiger partial charge in [-0.2, -0.15) is 0 Å². The van der Waals surface area contributed by atoms with Crippen molar-refractivity contribution in [1.29, 1.82) is 0 Å². The zero-order valence-corrected chi connectivity index (χ0v) is 11.0. The number of carbonyl (C=O) groups is 1. The van der Waals surface area contributed by atoms with Crippen molar-refractivity contribution in [2.45, 2.75) is 11.3 Å². The lowest BCUT2D eigenvalue weighted by Crippen LogP contribution is -2.39. The van der Waals surface area contributed by atoms with Gasteiger partial charge in [0.15, 0.2) is 0 Å². The molecule has 0 aromatic carbocycles. The van der Waals surface area contributed by atoms with E-state index in [0.29, 0.717) is 0 Å². The molecular weight excluding hydrogens is 284 g/mol. The summed E-state index contributed by atoms with van der Waals surface area (Å²) in [5, 5.41) is 0. The average Bonchev–Trinajstić information content (AvgIpc) is 2.70. The fraction of sp³-hybridized carbons (Fsp3) is 0.444. The molecule has 1 rings (SSSR count). The molecule has 0 bridgehead atoms. The van der Waals surface area contributed by atoms with Gasteiger partial charge in [-0.05, 0) is 6.07 Å². The number of sulfonamides is 1. The van der Waals surface area contributed by atoms with Crippen LogP contribution in [-0.4, -0.2) is 39.0 Å². The van der Waals surface area contributed by atoms with E-state index in [1.54, 1.807) is 4.83 Å². The summed E-state index contributed by atoms with van der Waals surface area (Å²) in [6.45, 7) is -0.823. The van der Waals surface area contributed by atoms with E-state index in [9.17, 15) is 22.0 Å². The van der Waals surface area contributed by atoms with Crippen LogP contribution in [0.1, 0.15) is 10.5 Å². The number of rotatable bonds is 6. The molecule has 7 nitrogen and oxygen atoms in total. The molecule has 0 spiro atoms. The average molecular weight is 297 g/mol. The maximum Gasteiger partial charge on any atom is 0.354 e. The molecule has 0 saturated heterocycles. The van der Waals surface area contributed by atoms with Crippen LogP contribution in [0.2, 0.25) is 0 Å². The molecule has 0 aliphatic rings. The number of hydrogen-bond acceptors (Lipinski definition) is 5. The first-order valence-electron chi connectivity index (χ1n) is 5.05. The maximum atomic E-state index is 11.9. The highest BCUT2D eigenvalue weighted by Gasteiger charge is 2.20. The number of nitrogens with zero attached hydrogens (tertiary/aromatic N) is 1. The number of esters is 1. The smallest absolute Gasteiger partial charge is 0.354 e. The SMILES string of the molecule is COC(=O)c1cc(S(=O)(=O)NNCC(F)F)cn1C. The van der Waals surface area contributed by atoms with Crippen LogP contribution in [0.4, 0.5) is 8.78 Å². The summed E-state index contributed by atoms with van der Waals surface area (Å²) in [6.07, 6.45) is -1.53. The lowest BCUT2D eigenvalue weighted by Gasteiger charge is -2.05. The van der Waals surface area contributed by atoms with Gasteiger partial charge >= 0.3 is 5.97 Å². The summed E-state index contributed by atoms with van der Waals surface area (Å²) in [7, 11) is -1.41. The van der Waals surface area contributed by atoms with Crippen molar-refractivity contribution in [3.8, 4) is 0 Å². The summed E-state index contributed by atoms with van der Waals surface area (Å²) in [5.41, 5.74) is 1.91. The minimum Gasteiger partial charge on any atom is -0.464 e. The predicted octanol–water partition coefficient (Wildman–Crippen LogP) is -0.140. The fourth-order valence-corrected chi connectivity index (χ4v) is 2.22. The molecule has 0 unspecified atom stereocenters. The summed E-state index contributed by atoms with van der Waals surface area (Å²) < 4.78 is 52.9. The fourth-order valence-electron chi connectivity index (χ4n) is 1.26. The van der Waals surface area contributed by atoms with Gasteiger partial charge in [-0.3, -0.25) is 0 Å². The quantitative estimate of drug-likeness (QED) is 0.563. The van der Waals surface area contributed by atoms with Crippen LogP contribution in [0.3, 0.4) is 0 Å². The van der Waals surface area contributed by atoms with Crippen LogP contribution < -0.4 is 10.3 Å². The Morgan fingerprint density at radius 1 is 1.53 bits per heavy atom. The molecular formula is C9H13F2N3O4S. The Bertz CT molecular complexity index is 556. The maximum absolute atomic E-state index is 11.9.